The summed E-state index contributed by atoms with van der Waals surface area (Å²) in [5.41, 5.74) is 2.62. The molecule has 7 nitrogen and oxygen atoms in total. The summed E-state index contributed by atoms with van der Waals surface area (Å²) in [5, 5.41) is 6.53. The molecule has 0 spiro atoms. The number of ether oxygens (including phenoxy) is 2. The topological polar surface area (TPSA) is 75.2 Å². The lowest BCUT2D eigenvalue weighted by atomic mass is 10.1. The number of carbonyl (C=O) groups excluding carboxylic acids is 1. The highest BCUT2D eigenvalue weighted by molar-refractivity contribution is 5.94. The molecule has 0 bridgehead atoms. The summed E-state index contributed by atoms with van der Waals surface area (Å²) in [6.07, 6.45) is 0.766. The van der Waals surface area contributed by atoms with Gasteiger partial charge in [0.15, 0.2) is 17.5 Å². The number of nitrogens with zero attached hydrogens (tertiary/aromatic N) is 2. The smallest absolute Gasteiger partial charge is 0.253 e. The number of carbonyl (C=O) groups is 1. The van der Waals surface area contributed by atoms with Crippen LogP contribution < -0.4 is 20.1 Å². The minimum atomic E-state index is 0.00160. The summed E-state index contributed by atoms with van der Waals surface area (Å²) in [5.74, 6) is 2.02. The van der Waals surface area contributed by atoms with Crippen LogP contribution in [0.5, 0.6) is 11.5 Å². The van der Waals surface area contributed by atoms with E-state index in [-0.39, 0.29) is 5.91 Å². The van der Waals surface area contributed by atoms with Crippen LogP contribution in [-0.2, 0) is 6.42 Å². The molecule has 29 heavy (non-hydrogen) atoms. The number of benzene rings is 2. The lowest BCUT2D eigenvalue weighted by molar-refractivity contribution is 0.0827. The van der Waals surface area contributed by atoms with Crippen LogP contribution in [0.15, 0.2) is 47.5 Å². The molecular formula is C22H30N4O3. The summed E-state index contributed by atoms with van der Waals surface area (Å²) in [6.45, 7) is 3.19. The van der Waals surface area contributed by atoms with Gasteiger partial charge in [-0.05, 0) is 43.2 Å². The van der Waals surface area contributed by atoms with Gasteiger partial charge in [0.05, 0.1) is 13.7 Å². The summed E-state index contributed by atoms with van der Waals surface area (Å²) in [7, 11) is 6.84. The second-order valence-electron chi connectivity index (χ2n) is 6.57. The quantitative estimate of drug-likeness (QED) is 0.528. The van der Waals surface area contributed by atoms with Crippen LogP contribution in [0.1, 0.15) is 22.8 Å². The van der Waals surface area contributed by atoms with Gasteiger partial charge in [0.1, 0.15) is 0 Å². The number of nitrogens with one attached hydrogen (secondary N) is 2. The Balaban J connectivity index is 1.95. The molecule has 2 aromatic carbocycles. The van der Waals surface area contributed by atoms with E-state index < -0.39 is 0 Å². The van der Waals surface area contributed by atoms with Gasteiger partial charge < -0.3 is 25.0 Å². The number of hydrogen-bond donors (Lipinski definition) is 2. The molecule has 7 heteroatoms. The van der Waals surface area contributed by atoms with Crippen molar-refractivity contribution in [1.29, 1.82) is 0 Å². The SMILES string of the molecule is CCOc1ccc(NC(=NC)NCCc2cccc(C(=O)N(C)C)c2)cc1OC. The summed E-state index contributed by atoms with van der Waals surface area (Å²) < 4.78 is 10.9. The van der Waals surface area contributed by atoms with Gasteiger partial charge in [-0.1, -0.05) is 12.1 Å². The zero-order valence-corrected chi connectivity index (χ0v) is 17.8. The molecule has 156 valence electrons. The van der Waals surface area contributed by atoms with Gasteiger partial charge in [-0.15, -0.1) is 0 Å². The third-order valence-corrected chi connectivity index (χ3v) is 4.24. The number of hydrogen-bond acceptors (Lipinski definition) is 4. The lowest BCUT2D eigenvalue weighted by Gasteiger charge is -2.15. The molecule has 0 aliphatic rings. The molecule has 0 aliphatic carbocycles. The lowest BCUT2D eigenvalue weighted by Crippen LogP contribution is -2.32. The highest BCUT2D eigenvalue weighted by Crippen LogP contribution is 2.30. The van der Waals surface area contributed by atoms with Crippen LogP contribution in [0, 0.1) is 0 Å². The van der Waals surface area contributed by atoms with Crippen LogP contribution in [0.2, 0.25) is 0 Å². The second-order valence-corrected chi connectivity index (χ2v) is 6.57. The van der Waals surface area contributed by atoms with Gasteiger partial charge in [0.2, 0.25) is 0 Å². The zero-order valence-electron chi connectivity index (χ0n) is 17.8. The fourth-order valence-corrected chi connectivity index (χ4v) is 2.78. The Morgan fingerprint density at radius 1 is 1.14 bits per heavy atom. The molecule has 0 aromatic heterocycles. The van der Waals surface area contributed by atoms with E-state index in [1.54, 1.807) is 33.2 Å². The van der Waals surface area contributed by atoms with E-state index in [2.05, 4.69) is 15.6 Å². The molecule has 1 amide bonds. The highest BCUT2D eigenvalue weighted by atomic mass is 16.5. The predicted octanol–water partition coefficient (Wildman–Crippen LogP) is 3.03. The van der Waals surface area contributed by atoms with Crippen molar-refractivity contribution in [1.82, 2.24) is 10.2 Å². The molecule has 0 atom stereocenters. The van der Waals surface area contributed by atoms with E-state index in [1.807, 2.05) is 49.4 Å². The standard InChI is InChI=1S/C22H30N4O3/c1-6-29-19-11-10-18(15-20(19)28-5)25-22(23-2)24-13-12-16-8-7-9-17(14-16)21(27)26(3)4/h7-11,14-15H,6,12-13H2,1-5H3,(H2,23,24,25). The maximum absolute atomic E-state index is 12.1. The zero-order chi connectivity index (χ0) is 21.2. The third kappa shape index (κ3) is 6.41. The fourth-order valence-electron chi connectivity index (χ4n) is 2.78. The van der Waals surface area contributed by atoms with E-state index in [0.717, 1.165) is 17.7 Å². The van der Waals surface area contributed by atoms with Crippen molar-refractivity contribution >= 4 is 17.6 Å². The summed E-state index contributed by atoms with van der Waals surface area (Å²) in [6, 6.07) is 13.3. The monoisotopic (exact) mass is 398 g/mol. The first-order valence-electron chi connectivity index (χ1n) is 9.57. The van der Waals surface area contributed by atoms with Crippen molar-refractivity contribution in [2.45, 2.75) is 13.3 Å². The molecular weight excluding hydrogens is 368 g/mol. The predicted molar refractivity (Wildman–Crippen MR) is 117 cm³/mol. The highest BCUT2D eigenvalue weighted by Gasteiger charge is 2.09. The molecule has 0 saturated carbocycles. The van der Waals surface area contributed by atoms with Gasteiger partial charge in [0, 0.05) is 45.0 Å². The molecule has 0 fully saturated rings. The van der Waals surface area contributed by atoms with Crippen molar-refractivity contribution in [3.8, 4) is 11.5 Å². The Morgan fingerprint density at radius 3 is 2.59 bits per heavy atom. The van der Waals surface area contributed by atoms with Gasteiger partial charge in [0.25, 0.3) is 5.91 Å². The number of amides is 1. The molecule has 0 radical (unpaired) electrons. The number of anilines is 1. The van der Waals surface area contributed by atoms with E-state index >= 15 is 0 Å². The summed E-state index contributed by atoms with van der Waals surface area (Å²) >= 11 is 0. The van der Waals surface area contributed by atoms with Gasteiger partial charge in [-0.3, -0.25) is 9.79 Å². The van der Waals surface area contributed by atoms with Gasteiger partial charge in [-0.2, -0.15) is 0 Å². The number of guanidine groups is 1. The Labute approximate surface area is 172 Å². The van der Waals surface area contributed by atoms with Crippen LogP contribution in [0.3, 0.4) is 0 Å². The van der Waals surface area contributed by atoms with Crippen molar-refractivity contribution in [3.05, 3.63) is 53.6 Å². The van der Waals surface area contributed by atoms with Crippen LogP contribution in [0.25, 0.3) is 0 Å². The molecule has 0 aliphatic heterocycles. The average Bonchev–Trinajstić information content (AvgIpc) is 2.73. The molecule has 0 saturated heterocycles. The van der Waals surface area contributed by atoms with Crippen molar-refractivity contribution in [2.75, 3.05) is 46.7 Å². The minimum absolute atomic E-state index is 0.00160. The Morgan fingerprint density at radius 2 is 1.93 bits per heavy atom. The van der Waals surface area contributed by atoms with E-state index in [4.69, 9.17) is 9.47 Å². The second kappa shape index (κ2) is 10.9. The molecule has 2 rings (SSSR count). The van der Waals surface area contributed by atoms with Crippen molar-refractivity contribution in [2.24, 2.45) is 4.99 Å². The maximum Gasteiger partial charge on any atom is 0.253 e. The first-order valence-corrected chi connectivity index (χ1v) is 9.57. The Bertz CT molecular complexity index is 850. The third-order valence-electron chi connectivity index (χ3n) is 4.24. The van der Waals surface area contributed by atoms with E-state index in [0.29, 0.717) is 36.2 Å². The van der Waals surface area contributed by atoms with Crippen molar-refractivity contribution in [3.63, 3.8) is 0 Å². The van der Waals surface area contributed by atoms with Gasteiger partial charge >= 0.3 is 0 Å². The fraction of sp³-hybridized carbons (Fsp3) is 0.364. The first kappa shape index (κ1) is 22.1. The molecule has 0 unspecified atom stereocenters. The summed E-state index contributed by atoms with van der Waals surface area (Å²) in [4.78, 5) is 17.9. The van der Waals surface area contributed by atoms with E-state index in [1.165, 1.54) is 0 Å². The van der Waals surface area contributed by atoms with Crippen LogP contribution >= 0.6 is 0 Å². The Hall–Kier alpha value is -3.22. The maximum atomic E-state index is 12.1. The van der Waals surface area contributed by atoms with Crippen LogP contribution in [-0.4, -0.2) is 58.2 Å². The number of rotatable bonds is 8. The van der Waals surface area contributed by atoms with Crippen molar-refractivity contribution < 1.29 is 14.3 Å². The molecule has 2 N–H and O–H groups in total. The normalized spacial score (nSPS) is 11.0. The first-order chi connectivity index (χ1) is 14.0. The molecule has 0 heterocycles. The van der Waals surface area contributed by atoms with Crippen LogP contribution in [0.4, 0.5) is 5.69 Å². The average molecular weight is 399 g/mol. The Kier molecular flexibility index (Phi) is 8.33. The van der Waals surface area contributed by atoms with Gasteiger partial charge in [-0.25, -0.2) is 0 Å². The minimum Gasteiger partial charge on any atom is -0.493 e. The number of methoxy groups -OCH3 is 1. The molecule has 2 aromatic rings. The largest absolute Gasteiger partial charge is 0.493 e. The van der Waals surface area contributed by atoms with E-state index in [9.17, 15) is 4.79 Å². The number of aliphatic imine (C=N–C) groups is 1.